The highest BCUT2D eigenvalue weighted by Crippen LogP contribution is 2.38. The number of anilines is 1. The van der Waals surface area contributed by atoms with Gasteiger partial charge in [0.15, 0.2) is 0 Å². The van der Waals surface area contributed by atoms with Gasteiger partial charge in [0.05, 0.1) is 0 Å². The van der Waals surface area contributed by atoms with Crippen LogP contribution >= 0.6 is 0 Å². The molecule has 0 amide bonds. The van der Waals surface area contributed by atoms with E-state index in [1.54, 1.807) is 0 Å². The van der Waals surface area contributed by atoms with Gasteiger partial charge in [0.2, 0.25) is 0 Å². The maximum atomic E-state index is 4.76. The normalized spacial score (nSPS) is 19.1. The van der Waals surface area contributed by atoms with Crippen LogP contribution in [0.3, 0.4) is 0 Å². The van der Waals surface area contributed by atoms with Crippen molar-refractivity contribution in [2.75, 3.05) is 4.90 Å². The number of nitrogens with zero attached hydrogens (tertiary/aromatic N) is 3. The lowest BCUT2D eigenvalue weighted by atomic mass is 9.79. The molecule has 0 radical (unpaired) electrons. The Hall–Kier alpha value is -2.88. The van der Waals surface area contributed by atoms with Gasteiger partial charge in [-0.25, -0.2) is 4.98 Å². The molecule has 2 heterocycles. The summed E-state index contributed by atoms with van der Waals surface area (Å²) in [6, 6.07) is 17.4. The summed E-state index contributed by atoms with van der Waals surface area (Å²) in [5.41, 5.74) is 7.17. The minimum absolute atomic E-state index is 0.154. The van der Waals surface area contributed by atoms with E-state index in [4.69, 9.17) is 4.98 Å². The fraction of sp³-hybridized carbons (Fsp3) is 0.379. The van der Waals surface area contributed by atoms with Crippen LogP contribution in [0.4, 0.5) is 5.82 Å². The Balaban J connectivity index is 1.61. The molecule has 3 aromatic rings. The van der Waals surface area contributed by atoms with Gasteiger partial charge in [-0.3, -0.25) is 4.98 Å². The molecule has 3 nitrogen and oxygen atoms in total. The SMILES string of the molecule is BC(c1ccc(-c2ccc(CC)nc2)cc1)N(C(=C)C1CCC(C)CC1)c1cc(C)ccn1. The molecular formula is C29H36BN3. The zero-order chi connectivity index (χ0) is 23.4. The fourth-order valence-electron chi connectivity index (χ4n) is 4.94. The predicted octanol–water partition coefficient (Wildman–Crippen LogP) is 6.49. The number of allylic oxidation sites excluding steroid dienone is 1. The van der Waals surface area contributed by atoms with Crippen LogP contribution in [0.5, 0.6) is 0 Å². The van der Waals surface area contributed by atoms with Crippen LogP contribution in [0.15, 0.2) is 73.2 Å². The van der Waals surface area contributed by atoms with Crippen molar-refractivity contribution in [2.45, 2.75) is 58.8 Å². The fourth-order valence-corrected chi connectivity index (χ4v) is 4.94. The zero-order valence-corrected chi connectivity index (χ0v) is 20.6. The Labute approximate surface area is 200 Å². The number of aryl methyl sites for hydroxylation is 2. The first-order valence-electron chi connectivity index (χ1n) is 12.4. The van der Waals surface area contributed by atoms with Gasteiger partial charge >= 0.3 is 0 Å². The highest BCUT2D eigenvalue weighted by molar-refractivity contribution is 6.14. The Morgan fingerprint density at radius 2 is 1.73 bits per heavy atom. The summed E-state index contributed by atoms with van der Waals surface area (Å²) >= 11 is 0. The summed E-state index contributed by atoms with van der Waals surface area (Å²) in [6.45, 7) is 11.2. The van der Waals surface area contributed by atoms with E-state index in [-0.39, 0.29) is 5.94 Å². The number of pyridine rings is 2. The van der Waals surface area contributed by atoms with Gasteiger partial charge in [0, 0.05) is 35.3 Å². The molecule has 1 aliphatic rings. The third-order valence-corrected chi connectivity index (χ3v) is 7.25. The van der Waals surface area contributed by atoms with Crippen molar-refractivity contribution < 1.29 is 0 Å². The third kappa shape index (κ3) is 5.38. The molecule has 170 valence electrons. The standard InChI is InChI=1S/C29H36BN3/c1-5-27-15-14-26(19-32-27)24-10-12-25(13-11-24)29(30)33(28-18-21(3)16-17-31-28)22(4)23-8-6-20(2)7-9-23/h10-20,23,29H,4-9,30H2,1-3H3. The minimum atomic E-state index is 0.154. The maximum Gasteiger partial charge on any atom is 0.137 e. The third-order valence-electron chi connectivity index (χ3n) is 7.25. The number of aromatic nitrogens is 2. The Morgan fingerprint density at radius 3 is 2.33 bits per heavy atom. The molecule has 1 saturated carbocycles. The molecule has 4 heteroatoms. The van der Waals surface area contributed by atoms with Crippen LogP contribution < -0.4 is 4.90 Å². The molecule has 0 saturated heterocycles. The minimum Gasteiger partial charge on any atom is -0.332 e. The average Bonchev–Trinajstić information content (AvgIpc) is 2.85. The van der Waals surface area contributed by atoms with Gasteiger partial charge in [-0.2, -0.15) is 0 Å². The topological polar surface area (TPSA) is 29.0 Å². The molecule has 1 aromatic carbocycles. The van der Waals surface area contributed by atoms with Gasteiger partial charge in [0.1, 0.15) is 13.7 Å². The van der Waals surface area contributed by atoms with Crippen LogP contribution in [-0.2, 0) is 6.42 Å². The first-order valence-corrected chi connectivity index (χ1v) is 12.4. The van der Waals surface area contributed by atoms with E-state index in [1.165, 1.54) is 48.1 Å². The average molecular weight is 437 g/mol. The lowest BCUT2D eigenvalue weighted by Crippen LogP contribution is -2.33. The summed E-state index contributed by atoms with van der Waals surface area (Å²) in [6.07, 6.45) is 9.86. The number of hydrogen-bond donors (Lipinski definition) is 0. The van der Waals surface area contributed by atoms with Crippen molar-refractivity contribution in [3.8, 4) is 11.1 Å². The summed E-state index contributed by atoms with van der Waals surface area (Å²) in [5, 5.41) is 0. The molecule has 2 aromatic heterocycles. The zero-order valence-electron chi connectivity index (χ0n) is 20.6. The summed E-state index contributed by atoms with van der Waals surface area (Å²) in [5.74, 6) is 2.49. The van der Waals surface area contributed by atoms with E-state index in [9.17, 15) is 0 Å². The smallest absolute Gasteiger partial charge is 0.137 e. The molecule has 1 unspecified atom stereocenters. The highest BCUT2D eigenvalue weighted by atomic mass is 15.2. The van der Waals surface area contributed by atoms with Gasteiger partial charge in [0.25, 0.3) is 0 Å². The van der Waals surface area contributed by atoms with Crippen molar-refractivity contribution in [1.82, 2.24) is 9.97 Å². The van der Waals surface area contributed by atoms with Gasteiger partial charge < -0.3 is 4.90 Å². The molecule has 33 heavy (non-hydrogen) atoms. The van der Waals surface area contributed by atoms with E-state index in [1.807, 2.05) is 12.4 Å². The number of rotatable bonds is 7. The van der Waals surface area contributed by atoms with Crippen LogP contribution in [-0.4, -0.2) is 17.8 Å². The quantitative estimate of drug-likeness (QED) is 0.396. The van der Waals surface area contributed by atoms with Crippen molar-refractivity contribution in [3.63, 3.8) is 0 Å². The highest BCUT2D eigenvalue weighted by Gasteiger charge is 2.28. The van der Waals surface area contributed by atoms with Gasteiger partial charge in [-0.15, -0.1) is 0 Å². The first-order chi connectivity index (χ1) is 16.0. The second-order valence-corrected chi connectivity index (χ2v) is 9.70. The second kappa shape index (κ2) is 10.4. The molecule has 4 rings (SSSR count). The van der Waals surface area contributed by atoms with E-state index in [0.717, 1.165) is 29.4 Å². The Morgan fingerprint density at radius 1 is 1.03 bits per heavy atom. The van der Waals surface area contributed by atoms with Gasteiger partial charge in [-0.05, 0) is 72.9 Å². The Kier molecular flexibility index (Phi) is 7.32. The van der Waals surface area contributed by atoms with Crippen molar-refractivity contribution >= 4 is 13.7 Å². The number of hydrogen-bond acceptors (Lipinski definition) is 3. The summed E-state index contributed by atoms with van der Waals surface area (Å²) in [4.78, 5) is 11.7. The predicted molar refractivity (Wildman–Crippen MR) is 142 cm³/mol. The lowest BCUT2D eigenvalue weighted by molar-refractivity contribution is 0.316. The van der Waals surface area contributed by atoms with E-state index in [2.05, 4.69) is 93.6 Å². The van der Waals surface area contributed by atoms with E-state index < -0.39 is 0 Å². The first kappa shape index (κ1) is 23.3. The van der Waals surface area contributed by atoms with Crippen molar-refractivity contribution in [3.05, 3.63) is 90.0 Å². The van der Waals surface area contributed by atoms with Crippen molar-refractivity contribution in [2.24, 2.45) is 11.8 Å². The summed E-state index contributed by atoms with van der Waals surface area (Å²) < 4.78 is 0. The van der Waals surface area contributed by atoms with Crippen LogP contribution in [0.2, 0.25) is 0 Å². The maximum absolute atomic E-state index is 4.76. The molecule has 0 spiro atoms. The lowest BCUT2D eigenvalue weighted by Gasteiger charge is -2.38. The largest absolute Gasteiger partial charge is 0.332 e. The van der Waals surface area contributed by atoms with Crippen LogP contribution in [0.1, 0.15) is 62.3 Å². The molecule has 0 bridgehead atoms. The van der Waals surface area contributed by atoms with E-state index in [0.29, 0.717) is 5.92 Å². The monoisotopic (exact) mass is 437 g/mol. The van der Waals surface area contributed by atoms with Crippen LogP contribution in [0.25, 0.3) is 11.1 Å². The second-order valence-electron chi connectivity index (χ2n) is 9.70. The molecule has 1 fully saturated rings. The Bertz CT molecular complexity index is 1070. The molecular weight excluding hydrogens is 401 g/mol. The molecule has 0 aliphatic heterocycles. The molecule has 0 N–H and O–H groups in total. The van der Waals surface area contributed by atoms with Crippen molar-refractivity contribution in [1.29, 1.82) is 0 Å². The van der Waals surface area contributed by atoms with E-state index >= 15 is 0 Å². The van der Waals surface area contributed by atoms with Gasteiger partial charge in [-0.1, -0.05) is 63.6 Å². The summed E-state index contributed by atoms with van der Waals surface area (Å²) in [7, 11) is 2.27. The number of benzene rings is 1. The molecule has 1 aliphatic carbocycles. The van der Waals surface area contributed by atoms with Crippen LogP contribution in [0, 0.1) is 18.8 Å². The molecule has 1 atom stereocenters.